The molecule has 0 heterocycles. The van der Waals surface area contributed by atoms with E-state index in [-0.39, 0.29) is 5.91 Å². The van der Waals surface area contributed by atoms with E-state index < -0.39 is 0 Å². The van der Waals surface area contributed by atoms with E-state index in [4.69, 9.17) is 0 Å². The van der Waals surface area contributed by atoms with E-state index in [0.717, 1.165) is 37.7 Å². The van der Waals surface area contributed by atoms with Gasteiger partial charge in [0.05, 0.1) is 5.33 Å². The van der Waals surface area contributed by atoms with Crippen molar-refractivity contribution in [3.05, 3.63) is 0 Å². The zero-order chi connectivity index (χ0) is 10.1. The highest BCUT2D eigenvalue weighted by Gasteiger charge is 2.09. The molecule has 0 spiro atoms. The fourth-order valence-electron chi connectivity index (χ4n) is 1.05. The molecule has 0 aliphatic carbocycles. The van der Waals surface area contributed by atoms with Crippen LogP contribution in [0.3, 0.4) is 0 Å². The first-order chi connectivity index (χ1) is 6.26. The largest absolute Gasteiger partial charge is 0.342 e. The van der Waals surface area contributed by atoms with Gasteiger partial charge in [0.15, 0.2) is 0 Å². The molecule has 1 amide bonds. The van der Waals surface area contributed by atoms with Crippen LogP contribution in [0.5, 0.6) is 0 Å². The Labute approximate surface area is 97.3 Å². The van der Waals surface area contributed by atoms with Gasteiger partial charge >= 0.3 is 0 Å². The summed E-state index contributed by atoms with van der Waals surface area (Å²) in [6, 6.07) is 0. The van der Waals surface area contributed by atoms with E-state index in [1.165, 1.54) is 0 Å². The van der Waals surface area contributed by atoms with E-state index in [9.17, 15) is 4.79 Å². The smallest absolute Gasteiger partial charge is 0.233 e. The van der Waals surface area contributed by atoms with Crippen LogP contribution in [0, 0.1) is 0 Å². The molecule has 0 aromatic rings. The summed E-state index contributed by atoms with van der Waals surface area (Å²) in [6.07, 6.45) is 3.27. The lowest BCUT2D eigenvalue weighted by Crippen LogP contribution is -2.33. The average Bonchev–Trinajstić information content (AvgIpc) is 2.17. The van der Waals surface area contributed by atoms with Crippen LogP contribution in [0.2, 0.25) is 0 Å². The lowest BCUT2D eigenvalue weighted by Gasteiger charge is -2.21. The molecule has 0 aliphatic rings. The first-order valence-electron chi connectivity index (χ1n) is 4.66. The molecule has 0 unspecified atom stereocenters. The lowest BCUT2D eigenvalue weighted by molar-refractivity contribution is -0.128. The molecule has 0 aromatic carbocycles. The van der Waals surface area contributed by atoms with Crippen molar-refractivity contribution in [2.75, 3.05) is 23.7 Å². The van der Waals surface area contributed by atoms with Gasteiger partial charge in [-0.3, -0.25) is 4.79 Å². The fraction of sp³-hybridized carbons (Fsp3) is 0.889. The molecule has 0 radical (unpaired) electrons. The number of hydrogen-bond acceptors (Lipinski definition) is 1. The molecule has 0 fully saturated rings. The average molecular weight is 315 g/mol. The van der Waals surface area contributed by atoms with E-state index in [1.807, 2.05) is 4.90 Å². The van der Waals surface area contributed by atoms with E-state index in [0.29, 0.717) is 5.33 Å². The Morgan fingerprint density at radius 3 is 2.31 bits per heavy atom. The molecule has 78 valence electrons. The van der Waals surface area contributed by atoms with Crippen molar-refractivity contribution >= 4 is 37.8 Å². The highest BCUT2D eigenvalue weighted by atomic mass is 79.9. The SMILES string of the molecule is CCCCN(CCCBr)C(=O)CBr. The first kappa shape index (κ1) is 13.4. The number of nitrogens with zero attached hydrogens (tertiary/aromatic N) is 1. The van der Waals surface area contributed by atoms with Crippen LogP contribution in [0.25, 0.3) is 0 Å². The highest BCUT2D eigenvalue weighted by molar-refractivity contribution is 9.09. The van der Waals surface area contributed by atoms with Crippen molar-refractivity contribution in [3.8, 4) is 0 Å². The molecule has 0 aromatic heterocycles. The van der Waals surface area contributed by atoms with E-state index in [2.05, 4.69) is 38.8 Å². The zero-order valence-electron chi connectivity index (χ0n) is 8.06. The number of rotatable bonds is 7. The second-order valence-corrected chi connectivity index (χ2v) is 4.26. The van der Waals surface area contributed by atoms with Gasteiger partial charge in [-0.15, -0.1) is 0 Å². The summed E-state index contributed by atoms with van der Waals surface area (Å²) in [5.74, 6) is 0.203. The number of alkyl halides is 2. The minimum absolute atomic E-state index is 0.203. The Kier molecular flexibility index (Phi) is 9.30. The predicted octanol–water partition coefficient (Wildman–Crippen LogP) is 2.80. The number of halogens is 2. The summed E-state index contributed by atoms with van der Waals surface area (Å²) in [7, 11) is 0. The number of hydrogen-bond donors (Lipinski definition) is 0. The van der Waals surface area contributed by atoms with Gasteiger partial charge in [-0.2, -0.15) is 0 Å². The molecule has 0 bridgehead atoms. The summed E-state index contributed by atoms with van der Waals surface area (Å²) in [5.41, 5.74) is 0. The maximum Gasteiger partial charge on any atom is 0.233 e. The van der Waals surface area contributed by atoms with Crippen molar-refractivity contribution in [1.82, 2.24) is 4.90 Å². The van der Waals surface area contributed by atoms with Gasteiger partial charge in [0, 0.05) is 18.4 Å². The summed E-state index contributed by atoms with van der Waals surface area (Å²) in [5, 5.41) is 1.41. The van der Waals surface area contributed by atoms with Crippen molar-refractivity contribution in [3.63, 3.8) is 0 Å². The van der Waals surface area contributed by atoms with Gasteiger partial charge in [-0.05, 0) is 12.8 Å². The lowest BCUT2D eigenvalue weighted by atomic mass is 10.3. The third-order valence-electron chi connectivity index (χ3n) is 1.81. The molecule has 0 aliphatic heterocycles. The Balaban J connectivity index is 3.79. The Hall–Kier alpha value is 0.430. The fourth-order valence-corrected chi connectivity index (χ4v) is 1.65. The van der Waals surface area contributed by atoms with Gasteiger partial charge < -0.3 is 4.90 Å². The molecule has 0 atom stereocenters. The minimum atomic E-state index is 0.203. The molecule has 13 heavy (non-hydrogen) atoms. The zero-order valence-corrected chi connectivity index (χ0v) is 11.2. The summed E-state index contributed by atoms with van der Waals surface area (Å²) < 4.78 is 0. The number of carbonyl (C=O) groups excluding carboxylic acids is 1. The van der Waals surface area contributed by atoms with E-state index >= 15 is 0 Å². The van der Waals surface area contributed by atoms with Gasteiger partial charge in [0.1, 0.15) is 0 Å². The molecule has 0 saturated carbocycles. The van der Waals surface area contributed by atoms with Crippen LogP contribution >= 0.6 is 31.9 Å². The third kappa shape index (κ3) is 6.49. The monoisotopic (exact) mass is 313 g/mol. The molecular weight excluding hydrogens is 298 g/mol. The molecule has 0 rings (SSSR count). The van der Waals surface area contributed by atoms with Gasteiger partial charge in [0.2, 0.25) is 5.91 Å². The summed E-state index contributed by atoms with van der Waals surface area (Å²) in [4.78, 5) is 13.3. The standard InChI is InChI=1S/C9H17Br2NO/c1-2-3-6-12(7-4-5-10)9(13)8-11/h2-8H2,1H3. The van der Waals surface area contributed by atoms with Crippen molar-refractivity contribution in [2.45, 2.75) is 26.2 Å². The quantitative estimate of drug-likeness (QED) is 0.662. The van der Waals surface area contributed by atoms with Crippen LogP contribution in [0.4, 0.5) is 0 Å². The Morgan fingerprint density at radius 1 is 1.23 bits per heavy atom. The number of unbranched alkanes of at least 4 members (excludes halogenated alkanes) is 1. The molecule has 0 saturated heterocycles. The summed E-state index contributed by atoms with van der Waals surface area (Å²) in [6.45, 7) is 3.91. The molecule has 2 nitrogen and oxygen atoms in total. The van der Waals surface area contributed by atoms with Crippen LogP contribution in [-0.4, -0.2) is 34.6 Å². The maximum atomic E-state index is 11.4. The molecular formula is C9H17Br2NO. The van der Waals surface area contributed by atoms with Crippen molar-refractivity contribution < 1.29 is 4.79 Å². The van der Waals surface area contributed by atoms with Crippen molar-refractivity contribution in [1.29, 1.82) is 0 Å². The second-order valence-electron chi connectivity index (χ2n) is 2.91. The number of amides is 1. The maximum absolute atomic E-state index is 11.4. The van der Waals surface area contributed by atoms with Gasteiger partial charge in [0.25, 0.3) is 0 Å². The topological polar surface area (TPSA) is 20.3 Å². The van der Waals surface area contributed by atoms with E-state index in [1.54, 1.807) is 0 Å². The van der Waals surface area contributed by atoms with Crippen LogP contribution in [0.15, 0.2) is 0 Å². The van der Waals surface area contributed by atoms with Gasteiger partial charge in [-0.1, -0.05) is 45.2 Å². The Morgan fingerprint density at radius 2 is 1.85 bits per heavy atom. The Bertz CT molecular complexity index is 134. The highest BCUT2D eigenvalue weighted by Crippen LogP contribution is 2.01. The third-order valence-corrected chi connectivity index (χ3v) is 2.85. The normalized spacial score (nSPS) is 10.1. The van der Waals surface area contributed by atoms with Crippen LogP contribution < -0.4 is 0 Å². The first-order valence-corrected chi connectivity index (χ1v) is 6.90. The molecule has 4 heteroatoms. The summed E-state index contributed by atoms with van der Waals surface area (Å²) >= 11 is 6.56. The minimum Gasteiger partial charge on any atom is -0.342 e. The van der Waals surface area contributed by atoms with Crippen molar-refractivity contribution in [2.24, 2.45) is 0 Å². The number of carbonyl (C=O) groups is 1. The van der Waals surface area contributed by atoms with Crippen LogP contribution in [-0.2, 0) is 4.79 Å². The van der Waals surface area contributed by atoms with Crippen LogP contribution in [0.1, 0.15) is 26.2 Å². The second kappa shape index (κ2) is 9.00. The predicted molar refractivity (Wildman–Crippen MR) is 63.7 cm³/mol. The molecule has 0 N–H and O–H groups in total. The van der Waals surface area contributed by atoms with Gasteiger partial charge in [-0.25, -0.2) is 0 Å².